The lowest BCUT2D eigenvalue weighted by Gasteiger charge is -2.22. The van der Waals surface area contributed by atoms with E-state index >= 15 is 0 Å². The third kappa shape index (κ3) is 4.92. The summed E-state index contributed by atoms with van der Waals surface area (Å²) in [5, 5.41) is 2.79. The van der Waals surface area contributed by atoms with Crippen LogP contribution in [-0.4, -0.2) is 31.4 Å². The van der Waals surface area contributed by atoms with E-state index in [4.69, 9.17) is 4.74 Å². The molecule has 0 atom stereocenters. The number of hydrogen-bond donors (Lipinski definition) is 1. The van der Waals surface area contributed by atoms with Crippen LogP contribution in [0.2, 0.25) is 0 Å². The van der Waals surface area contributed by atoms with Crippen molar-refractivity contribution in [3.05, 3.63) is 65.2 Å². The van der Waals surface area contributed by atoms with Crippen LogP contribution in [0.15, 0.2) is 48.5 Å². The highest BCUT2D eigenvalue weighted by Crippen LogP contribution is 2.21. The zero-order valence-electron chi connectivity index (χ0n) is 15.1. The molecule has 0 saturated carbocycles. The van der Waals surface area contributed by atoms with Gasteiger partial charge < -0.3 is 15.0 Å². The number of para-hydroxylation sites is 1. The maximum atomic E-state index is 12.3. The third-order valence-electron chi connectivity index (χ3n) is 3.89. The van der Waals surface area contributed by atoms with E-state index < -0.39 is 5.97 Å². The van der Waals surface area contributed by atoms with E-state index in [9.17, 15) is 14.4 Å². The highest BCUT2D eigenvalue weighted by molar-refractivity contribution is 6.04. The summed E-state index contributed by atoms with van der Waals surface area (Å²) in [6, 6.07) is 14.3. The summed E-state index contributed by atoms with van der Waals surface area (Å²) in [6.07, 6.45) is 0. The Morgan fingerprint density at radius 1 is 1.04 bits per heavy atom. The van der Waals surface area contributed by atoms with Crippen LogP contribution in [0.1, 0.15) is 28.4 Å². The molecule has 6 heteroatoms. The van der Waals surface area contributed by atoms with Gasteiger partial charge in [0.25, 0.3) is 0 Å². The fourth-order valence-corrected chi connectivity index (χ4v) is 2.46. The Hall–Kier alpha value is -3.15. The number of esters is 1. The van der Waals surface area contributed by atoms with Crippen LogP contribution >= 0.6 is 0 Å². The second-order valence-electron chi connectivity index (χ2n) is 5.88. The molecule has 1 N–H and O–H groups in total. The summed E-state index contributed by atoms with van der Waals surface area (Å²) in [7, 11) is 1.27. The number of methoxy groups -OCH3 is 1. The average Bonchev–Trinajstić information content (AvgIpc) is 2.64. The molecule has 0 aliphatic rings. The Kier molecular flexibility index (Phi) is 6.49. The summed E-state index contributed by atoms with van der Waals surface area (Å²) < 4.78 is 4.75. The minimum absolute atomic E-state index is 0.185. The first kappa shape index (κ1) is 19.2. The molecular formula is C20H22N2O4. The fourth-order valence-electron chi connectivity index (χ4n) is 2.46. The second kappa shape index (κ2) is 8.80. The fraction of sp³-hybridized carbons (Fsp3) is 0.250. The number of nitrogens with zero attached hydrogens (tertiary/aromatic N) is 1. The Morgan fingerprint density at radius 3 is 2.31 bits per heavy atom. The van der Waals surface area contributed by atoms with Gasteiger partial charge in [0.1, 0.15) is 6.54 Å². The molecule has 0 spiro atoms. The summed E-state index contributed by atoms with van der Waals surface area (Å²) in [6.45, 7) is 3.52. The molecule has 0 bridgehead atoms. The van der Waals surface area contributed by atoms with E-state index in [-0.39, 0.29) is 23.9 Å². The lowest BCUT2D eigenvalue weighted by molar-refractivity contribution is -0.123. The molecule has 0 saturated heterocycles. The van der Waals surface area contributed by atoms with Gasteiger partial charge in [0.15, 0.2) is 0 Å². The van der Waals surface area contributed by atoms with Crippen molar-refractivity contribution in [2.45, 2.75) is 20.4 Å². The van der Waals surface area contributed by atoms with Crippen LogP contribution in [0.3, 0.4) is 0 Å². The molecule has 0 fully saturated rings. The van der Waals surface area contributed by atoms with Gasteiger partial charge in [-0.2, -0.15) is 0 Å². The van der Waals surface area contributed by atoms with Gasteiger partial charge in [-0.15, -0.1) is 0 Å². The molecule has 0 heterocycles. The van der Waals surface area contributed by atoms with Gasteiger partial charge in [-0.1, -0.05) is 42.0 Å². The van der Waals surface area contributed by atoms with Gasteiger partial charge in [0.2, 0.25) is 11.8 Å². The predicted molar refractivity (Wildman–Crippen MR) is 98.8 cm³/mol. The molecule has 0 radical (unpaired) electrons. The maximum absolute atomic E-state index is 12.3. The van der Waals surface area contributed by atoms with Crippen molar-refractivity contribution < 1.29 is 19.1 Å². The number of aryl methyl sites for hydroxylation is 1. The number of rotatable bonds is 6. The number of benzene rings is 2. The van der Waals surface area contributed by atoms with Gasteiger partial charge in [-0.05, 0) is 24.6 Å². The molecule has 0 aromatic heterocycles. The van der Waals surface area contributed by atoms with E-state index in [1.54, 1.807) is 24.3 Å². The molecule has 2 aromatic rings. The van der Waals surface area contributed by atoms with Crippen LogP contribution in [0.5, 0.6) is 0 Å². The molecule has 2 aromatic carbocycles. The number of nitrogens with one attached hydrogen (secondary N) is 1. The monoisotopic (exact) mass is 354 g/mol. The average molecular weight is 354 g/mol. The Balaban J connectivity index is 2.11. The van der Waals surface area contributed by atoms with Crippen molar-refractivity contribution in [1.29, 1.82) is 0 Å². The van der Waals surface area contributed by atoms with Crippen molar-refractivity contribution in [1.82, 2.24) is 5.32 Å². The minimum atomic E-state index is -0.563. The molecule has 0 aliphatic heterocycles. The molecule has 6 nitrogen and oxygen atoms in total. The molecular weight excluding hydrogens is 332 g/mol. The van der Waals surface area contributed by atoms with Crippen molar-refractivity contribution in [3.63, 3.8) is 0 Å². The zero-order chi connectivity index (χ0) is 19.1. The third-order valence-corrected chi connectivity index (χ3v) is 3.89. The van der Waals surface area contributed by atoms with Gasteiger partial charge in [0, 0.05) is 13.5 Å². The Morgan fingerprint density at radius 2 is 1.69 bits per heavy atom. The van der Waals surface area contributed by atoms with E-state index in [1.165, 1.54) is 18.9 Å². The van der Waals surface area contributed by atoms with Crippen molar-refractivity contribution in [3.8, 4) is 0 Å². The van der Waals surface area contributed by atoms with Crippen LogP contribution < -0.4 is 10.2 Å². The van der Waals surface area contributed by atoms with Crippen LogP contribution in [0.25, 0.3) is 0 Å². The van der Waals surface area contributed by atoms with Crippen molar-refractivity contribution >= 4 is 23.5 Å². The molecule has 0 unspecified atom stereocenters. The summed E-state index contributed by atoms with van der Waals surface area (Å²) in [5.41, 5.74) is 2.68. The summed E-state index contributed by atoms with van der Waals surface area (Å²) in [4.78, 5) is 37.5. The molecule has 136 valence electrons. The smallest absolute Gasteiger partial charge is 0.339 e. The van der Waals surface area contributed by atoms with Gasteiger partial charge in [-0.25, -0.2) is 4.79 Å². The van der Waals surface area contributed by atoms with E-state index in [0.29, 0.717) is 12.2 Å². The molecule has 2 rings (SSSR count). The van der Waals surface area contributed by atoms with Crippen LogP contribution in [0, 0.1) is 6.92 Å². The zero-order valence-corrected chi connectivity index (χ0v) is 15.1. The first-order valence-electron chi connectivity index (χ1n) is 8.20. The Labute approximate surface area is 152 Å². The highest BCUT2D eigenvalue weighted by atomic mass is 16.5. The topological polar surface area (TPSA) is 75.7 Å². The van der Waals surface area contributed by atoms with Gasteiger partial charge in [0.05, 0.1) is 18.4 Å². The second-order valence-corrected chi connectivity index (χ2v) is 5.88. The number of carbonyl (C=O) groups excluding carboxylic acids is 3. The molecule has 26 heavy (non-hydrogen) atoms. The largest absolute Gasteiger partial charge is 0.465 e. The van der Waals surface area contributed by atoms with Gasteiger partial charge in [-0.3, -0.25) is 9.59 Å². The summed E-state index contributed by atoms with van der Waals surface area (Å²) >= 11 is 0. The SMILES string of the molecule is COC(=O)c1ccccc1N(CC(=O)NCc1ccc(C)cc1)C(C)=O. The van der Waals surface area contributed by atoms with E-state index in [0.717, 1.165) is 11.1 Å². The van der Waals surface area contributed by atoms with Crippen LogP contribution in [0.4, 0.5) is 5.69 Å². The summed E-state index contributed by atoms with van der Waals surface area (Å²) in [5.74, 6) is -1.22. The molecule has 0 aliphatic carbocycles. The van der Waals surface area contributed by atoms with E-state index in [1.807, 2.05) is 31.2 Å². The maximum Gasteiger partial charge on any atom is 0.339 e. The lowest BCUT2D eigenvalue weighted by Crippen LogP contribution is -2.40. The molecule has 2 amide bonds. The number of anilines is 1. The van der Waals surface area contributed by atoms with Crippen molar-refractivity contribution in [2.75, 3.05) is 18.6 Å². The van der Waals surface area contributed by atoms with Crippen LogP contribution in [-0.2, 0) is 20.9 Å². The first-order valence-corrected chi connectivity index (χ1v) is 8.20. The first-order chi connectivity index (χ1) is 12.4. The number of ether oxygens (including phenoxy) is 1. The number of carbonyl (C=O) groups is 3. The lowest BCUT2D eigenvalue weighted by atomic mass is 10.1. The van der Waals surface area contributed by atoms with E-state index in [2.05, 4.69) is 5.32 Å². The van der Waals surface area contributed by atoms with Gasteiger partial charge >= 0.3 is 5.97 Å². The Bertz CT molecular complexity index is 800. The normalized spacial score (nSPS) is 10.1. The number of amides is 2. The van der Waals surface area contributed by atoms with Crippen molar-refractivity contribution in [2.24, 2.45) is 0 Å². The minimum Gasteiger partial charge on any atom is -0.465 e. The quantitative estimate of drug-likeness (QED) is 0.809. The predicted octanol–water partition coefficient (Wildman–Crippen LogP) is 2.45. The number of hydrogen-bond acceptors (Lipinski definition) is 4. The highest BCUT2D eigenvalue weighted by Gasteiger charge is 2.21. The standard InChI is InChI=1S/C20H22N2O4/c1-14-8-10-16(11-9-14)12-21-19(24)13-22(15(2)23)18-7-5-4-6-17(18)20(25)26-3/h4-11H,12-13H2,1-3H3,(H,21,24).